The molecular weight excluding hydrogens is 267 g/mol. The molecule has 0 aliphatic rings. The number of hydrogen-bond acceptors (Lipinski definition) is 2. The zero-order chi connectivity index (χ0) is 14.5. The van der Waals surface area contributed by atoms with Crippen molar-refractivity contribution in [3.8, 4) is 5.75 Å². The van der Waals surface area contributed by atoms with E-state index in [1.54, 1.807) is 37.4 Å². The van der Waals surface area contributed by atoms with Crippen LogP contribution >= 0.6 is 0 Å². The van der Waals surface area contributed by atoms with Crippen LogP contribution in [0.1, 0.15) is 17.2 Å². The molecular formula is C15H14F3NO. The summed E-state index contributed by atoms with van der Waals surface area (Å²) in [7, 11) is 1.70. The summed E-state index contributed by atoms with van der Waals surface area (Å²) in [6, 6.07) is 12.1. The molecule has 0 amide bonds. The maximum atomic E-state index is 13.0. The van der Waals surface area contributed by atoms with Gasteiger partial charge in [-0.05, 0) is 30.8 Å². The van der Waals surface area contributed by atoms with E-state index in [1.165, 1.54) is 18.2 Å². The molecule has 1 N–H and O–H groups in total. The summed E-state index contributed by atoms with van der Waals surface area (Å²) in [5.41, 5.74) is 1.33. The zero-order valence-corrected chi connectivity index (χ0v) is 10.8. The zero-order valence-electron chi connectivity index (χ0n) is 10.8. The van der Waals surface area contributed by atoms with Gasteiger partial charge in [-0.15, -0.1) is 0 Å². The Balaban J connectivity index is 2.38. The third-order valence-electron chi connectivity index (χ3n) is 2.94. The van der Waals surface area contributed by atoms with Crippen molar-refractivity contribution < 1.29 is 17.9 Å². The van der Waals surface area contributed by atoms with Crippen molar-refractivity contribution in [3.63, 3.8) is 0 Å². The molecule has 0 aromatic heterocycles. The van der Waals surface area contributed by atoms with Crippen molar-refractivity contribution in [2.75, 3.05) is 7.05 Å². The average molecular weight is 281 g/mol. The topological polar surface area (TPSA) is 21.3 Å². The predicted molar refractivity (Wildman–Crippen MR) is 70.4 cm³/mol. The molecule has 0 bridgehead atoms. The summed E-state index contributed by atoms with van der Waals surface area (Å²) in [6.45, 7) is -2.89. The van der Waals surface area contributed by atoms with Gasteiger partial charge < -0.3 is 10.1 Å². The number of hydrogen-bond donors (Lipinski definition) is 1. The Morgan fingerprint density at radius 2 is 1.65 bits per heavy atom. The number of nitrogens with one attached hydrogen (secondary N) is 1. The summed E-state index contributed by atoms with van der Waals surface area (Å²) in [5.74, 6) is -0.244. The Kier molecular flexibility index (Phi) is 4.63. The van der Waals surface area contributed by atoms with Gasteiger partial charge in [0.2, 0.25) is 0 Å². The van der Waals surface area contributed by atoms with Gasteiger partial charge in [0.25, 0.3) is 0 Å². The highest BCUT2D eigenvalue weighted by molar-refractivity contribution is 5.41. The van der Waals surface area contributed by atoms with Gasteiger partial charge in [0.1, 0.15) is 11.6 Å². The maximum absolute atomic E-state index is 13.0. The van der Waals surface area contributed by atoms with Crippen LogP contribution in [0.5, 0.6) is 5.75 Å². The number of ether oxygens (including phenoxy) is 1. The van der Waals surface area contributed by atoms with Crippen LogP contribution in [0.2, 0.25) is 0 Å². The standard InChI is InChI=1S/C15H14F3NO/c1-19-14(10-6-8-11(16)9-7-10)12-4-2-3-5-13(12)20-15(17)18/h2-9,14-15,19H,1H3. The lowest BCUT2D eigenvalue weighted by Gasteiger charge is -2.20. The molecule has 2 rings (SSSR count). The summed E-state index contributed by atoms with van der Waals surface area (Å²) >= 11 is 0. The molecule has 1 unspecified atom stereocenters. The molecule has 106 valence electrons. The molecule has 0 saturated carbocycles. The van der Waals surface area contributed by atoms with Gasteiger partial charge in [-0.1, -0.05) is 30.3 Å². The minimum absolute atomic E-state index is 0.103. The number of rotatable bonds is 5. The first-order valence-electron chi connectivity index (χ1n) is 6.08. The Morgan fingerprint density at radius 1 is 1.00 bits per heavy atom. The van der Waals surface area contributed by atoms with Gasteiger partial charge in [-0.25, -0.2) is 4.39 Å². The molecule has 5 heteroatoms. The van der Waals surface area contributed by atoms with Crippen molar-refractivity contribution in [1.82, 2.24) is 5.32 Å². The molecule has 2 nitrogen and oxygen atoms in total. The predicted octanol–water partition coefficient (Wildman–Crippen LogP) is 3.74. The minimum atomic E-state index is -2.89. The molecule has 20 heavy (non-hydrogen) atoms. The smallest absolute Gasteiger partial charge is 0.387 e. The summed E-state index contributed by atoms with van der Waals surface area (Å²) in [4.78, 5) is 0. The minimum Gasteiger partial charge on any atom is -0.434 e. The van der Waals surface area contributed by atoms with E-state index in [1.807, 2.05) is 0 Å². The largest absolute Gasteiger partial charge is 0.434 e. The van der Waals surface area contributed by atoms with Crippen LogP contribution in [-0.2, 0) is 0 Å². The molecule has 1 atom stereocenters. The van der Waals surface area contributed by atoms with Crippen LogP contribution in [0.4, 0.5) is 13.2 Å². The third-order valence-corrected chi connectivity index (χ3v) is 2.94. The normalized spacial score (nSPS) is 12.4. The maximum Gasteiger partial charge on any atom is 0.387 e. The molecule has 0 aliphatic heterocycles. The molecule has 2 aromatic rings. The first-order valence-corrected chi connectivity index (χ1v) is 6.08. The first-order chi connectivity index (χ1) is 9.61. The van der Waals surface area contributed by atoms with Gasteiger partial charge in [-0.3, -0.25) is 0 Å². The Labute approximate surface area is 115 Å². The van der Waals surface area contributed by atoms with Crippen LogP contribution in [0.3, 0.4) is 0 Å². The molecule has 0 spiro atoms. The van der Waals surface area contributed by atoms with Gasteiger partial charge in [0.05, 0.1) is 6.04 Å². The van der Waals surface area contributed by atoms with Crippen LogP contribution in [0, 0.1) is 5.82 Å². The molecule has 0 fully saturated rings. The van der Waals surface area contributed by atoms with E-state index in [4.69, 9.17) is 0 Å². The highest BCUT2D eigenvalue weighted by atomic mass is 19.3. The van der Waals surface area contributed by atoms with E-state index in [-0.39, 0.29) is 17.6 Å². The van der Waals surface area contributed by atoms with E-state index in [2.05, 4.69) is 10.1 Å². The highest BCUT2D eigenvalue weighted by Gasteiger charge is 2.18. The summed E-state index contributed by atoms with van der Waals surface area (Å²) < 4.78 is 42.4. The van der Waals surface area contributed by atoms with E-state index >= 15 is 0 Å². The SMILES string of the molecule is CNC(c1ccc(F)cc1)c1ccccc1OC(F)F. The number of halogens is 3. The fourth-order valence-electron chi connectivity index (χ4n) is 2.08. The van der Waals surface area contributed by atoms with E-state index in [0.29, 0.717) is 5.56 Å². The van der Waals surface area contributed by atoms with Crippen molar-refractivity contribution in [2.45, 2.75) is 12.7 Å². The van der Waals surface area contributed by atoms with Crippen molar-refractivity contribution in [2.24, 2.45) is 0 Å². The molecule has 0 heterocycles. The second kappa shape index (κ2) is 6.43. The molecule has 0 saturated heterocycles. The molecule has 0 aliphatic carbocycles. The summed E-state index contributed by atoms with van der Waals surface area (Å²) in [6.07, 6.45) is 0. The van der Waals surface area contributed by atoms with Gasteiger partial charge >= 0.3 is 6.61 Å². The van der Waals surface area contributed by atoms with E-state index < -0.39 is 6.61 Å². The Morgan fingerprint density at radius 3 is 2.25 bits per heavy atom. The van der Waals surface area contributed by atoms with Crippen molar-refractivity contribution in [1.29, 1.82) is 0 Å². The van der Waals surface area contributed by atoms with Gasteiger partial charge in [0, 0.05) is 5.56 Å². The van der Waals surface area contributed by atoms with Crippen LogP contribution < -0.4 is 10.1 Å². The summed E-state index contributed by atoms with van der Waals surface area (Å²) in [5, 5.41) is 3.02. The lowest BCUT2D eigenvalue weighted by Crippen LogP contribution is -2.19. The fourth-order valence-corrected chi connectivity index (χ4v) is 2.08. The first kappa shape index (κ1) is 14.4. The Bertz CT molecular complexity index is 557. The second-order valence-electron chi connectivity index (χ2n) is 4.19. The molecule has 2 aromatic carbocycles. The van der Waals surface area contributed by atoms with Crippen LogP contribution in [0.25, 0.3) is 0 Å². The highest BCUT2D eigenvalue weighted by Crippen LogP contribution is 2.30. The van der Waals surface area contributed by atoms with Gasteiger partial charge in [-0.2, -0.15) is 8.78 Å². The second-order valence-corrected chi connectivity index (χ2v) is 4.19. The molecule has 0 radical (unpaired) electrons. The number of para-hydroxylation sites is 1. The lowest BCUT2D eigenvalue weighted by molar-refractivity contribution is -0.0506. The monoisotopic (exact) mass is 281 g/mol. The number of benzene rings is 2. The van der Waals surface area contributed by atoms with Crippen LogP contribution in [0.15, 0.2) is 48.5 Å². The average Bonchev–Trinajstić information content (AvgIpc) is 2.43. The van der Waals surface area contributed by atoms with Gasteiger partial charge in [0.15, 0.2) is 0 Å². The quantitative estimate of drug-likeness (QED) is 0.901. The van der Waals surface area contributed by atoms with Crippen molar-refractivity contribution in [3.05, 3.63) is 65.5 Å². The van der Waals surface area contributed by atoms with E-state index in [0.717, 1.165) is 5.56 Å². The Hall–Kier alpha value is -2.01. The van der Waals surface area contributed by atoms with Crippen molar-refractivity contribution >= 4 is 0 Å². The van der Waals surface area contributed by atoms with E-state index in [9.17, 15) is 13.2 Å². The third kappa shape index (κ3) is 3.30. The van der Waals surface area contributed by atoms with Crippen LogP contribution in [-0.4, -0.2) is 13.7 Å². The number of alkyl halides is 2. The lowest BCUT2D eigenvalue weighted by atomic mass is 9.98. The fraction of sp³-hybridized carbons (Fsp3) is 0.200.